The lowest BCUT2D eigenvalue weighted by Gasteiger charge is -2.20. The van der Waals surface area contributed by atoms with E-state index in [0.717, 1.165) is 11.3 Å². The van der Waals surface area contributed by atoms with Crippen molar-refractivity contribution < 1.29 is 10.2 Å². The molecule has 1 aromatic rings. The molecule has 0 bridgehead atoms. The number of likely N-dealkylation sites (N-methyl/N-ethyl adjacent to an activating group) is 1. The van der Waals surface area contributed by atoms with Gasteiger partial charge in [-0.25, -0.2) is 0 Å². The van der Waals surface area contributed by atoms with E-state index < -0.39 is 0 Å². The van der Waals surface area contributed by atoms with Crippen LogP contribution in [0.4, 0.5) is 5.69 Å². The standard InChI is InChI=1S/C11H17NO2/c1-9(14)7-12(2)11-5-3-10(8-13)4-6-11/h3-6,9,13-14H,7-8H2,1-2H3. The van der Waals surface area contributed by atoms with Crippen molar-refractivity contribution in [2.75, 3.05) is 18.5 Å². The van der Waals surface area contributed by atoms with Gasteiger partial charge in [0.15, 0.2) is 0 Å². The van der Waals surface area contributed by atoms with Gasteiger partial charge in [-0.05, 0) is 24.6 Å². The first-order valence-corrected chi connectivity index (χ1v) is 4.72. The van der Waals surface area contributed by atoms with Gasteiger partial charge in [0.25, 0.3) is 0 Å². The Morgan fingerprint density at radius 3 is 2.29 bits per heavy atom. The number of aliphatic hydroxyl groups excluding tert-OH is 2. The van der Waals surface area contributed by atoms with Crippen LogP contribution < -0.4 is 4.90 Å². The minimum Gasteiger partial charge on any atom is -0.392 e. The van der Waals surface area contributed by atoms with E-state index in [1.165, 1.54) is 0 Å². The maximum atomic E-state index is 9.20. The molecule has 2 N–H and O–H groups in total. The van der Waals surface area contributed by atoms with Crippen LogP contribution in [0.15, 0.2) is 24.3 Å². The number of anilines is 1. The molecular formula is C11H17NO2. The van der Waals surface area contributed by atoms with Crippen LogP contribution in [0.1, 0.15) is 12.5 Å². The molecule has 0 aliphatic rings. The zero-order valence-corrected chi connectivity index (χ0v) is 8.64. The van der Waals surface area contributed by atoms with E-state index in [9.17, 15) is 5.11 Å². The zero-order chi connectivity index (χ0) is 10.6. The van der Waals surface area contributed by atoms with E-state index in [1.807, 2.05) is 36.2 Å². The van der Waals surface area contributed by atoms with Gasteiger partial charge in [-0.2, -0.15) is 0 Å². The first-order valence-electron chi connectivity index (χ1n) is 4.72. The summed E-state index contributed by atoms with van der Waals surface area (Å²) >= 11 is 0. The molecule has 3 nitrogen and oxygen atoms in total. The van der Waals surface area contributed by atoms with Gasteiger partial charge in [-0.3, -0.25) is 0 Å². The van der Waals surface area contributed by atoms with Crippen LogP contribution in [0.3, 0.4) is 0 Å². The van der Waals surface area contributed by atoms with E-state index in [0.29, 0.717) is 6.54 Å². The smallest absolute Gasteiger partial charge is 0.0686 e. The summed E-state index contributed by atoms with van der Waals surface area (Å²) in [4.78, 5) is 1.98. The molecule has 0 aromatic heterocycles. The van der Waals surface area contributed by atoms with Crippen molar-refractivity contribution in [2.24, 2.45) is 0 Å². The molecule has 0 radical (unpaired) electrons. The molecule has 0 amide bonds. The zero-order valence-electron chi connectivity index (χ0n) is 8.64. The molecular weight excluding hydrogens is 178 g/mol. The van der Waals surface area contributed by atoms with Gasteiger partial charge < -0.3 is 15.1 Å². The summed E-state index contributed by atoms with van der Waals surface area (Å²) in [6.07, 6.45) is -0.336. The molecule has 0 aliphatic carbocycles. The molecule has 3 heteroatoms. The SMILES string of the molecule is CC(O)CN(C)c1ccc(CO)cc1. The number of rotatable bonds is 4. The number of benzene rings is 1. The van der Waals surface area contributed by atoms with Gasteiger partial charge in [-0.15, -0.1) is 0 Å². The van der Waals surface area contributed by atoms with Crippen molar-refractivity contribution in [3.05, 3.63) is 29.8 Å². The minimum atomic E-state index is -0.336. The van der Waals surface area contributed by atoms with Gasteiger partial charge in [0.2, 0.25) is 0 Å². The summed E-state index contributed by atoms with van der Waals surface area (Å²) in [5.41, 5.74) is 1.95. The van der Waals surface area contributed by atoms with Crippen LogP contribution in [-0.4, -0.2) is 29.9 Å². The average Bonchev–Trinajstić information content (AvgIpc) is 2.17. The summed E-state index contributed by atoms with van der Waals surface area (Å²) in [6.45, 7) is 2.44. The minimum absolute atomic E-state index is 0.0698. The lowest BCUT2D eigenvalue weighted by molar-refractivity contribution is 0.201. The molecule has 1 atom stereocenters. The molecule has 0 saturated carbocycles. The summed E-state index contributed by atoms with van der Waals surface area (Å²) in [6, 6.07) is 7.64. The molecule has 1 aromatic carbocycles. The Bertz CT molecular complexity index is 269. The molecule has 78 valence electrons. The highest BCUT2D eigenvalue weighted by molar-refractivity contribution is 5.46. The van der Waals surface area contributed by atoms with Crippen molar-refractivity contribution in [3.63, 3.8) is 0 Å². The number of nitrogens with zero attached hydrogens (tertiary/aromatic N) is 1. The lowest BCUT2D eigenvalue weighted by atomic mass is 10.2. The Labute approximate surface area is 84.6 Å². The van der Waals surface area contributed by atoms with Gasteiger partial charge in [0.1, 0.15) is 0 Å². The summed E-state index contributed by atoms with van der Waals surface area (Å²) in [5.74, 6) is 0. The number of hydrogen-bond donors (Lipinski definition) is 2. The molecule has 0 spiro atoms. The topological polar surface area (TPSA) is 43.7 Å². The van der Waals surface area contributed by atoms with Crippen molar-refractivity contribution in [2.45, 2.75) is 19.6 Å². The van der Waals surface area contributed by atoms with Gasteiger partial charge in [0.05, 0.1) is 12.7 Å². The third kappa shape index (κ3) is 3.01. The normalized spacial score (nSPS) is 12.6. The van der Waals surface area contributed by atoms with Crippen LogP contribution in [0.25, 0.3) is 0 Å². The fraction of sp³-hybridized carbons (Fsp3) is 0.455. The Morgan fingerprint density at radius 2 is 1.86 bits per heavy atom. The van der Waals surface area contributed by atoms with E-state index in [1.54, 1.807) is 6.92 Å². The maximum absolute atomic E-state index is 9.20. The molecule has 0 saturated heterocycles. The highest BCUT2D eigenvalue weighted by atomic mass is 16.3. The van der Waals surface area contributed by atoms with Crippen molar-refractivity contribution >= 4 is 5.69 Å². The molecule has 0 aliphatic heterocycles. The second kappa shape index (κ2) is 4.98. The molecule has 1 rings (SSSR count). The van der Waals surface area contributed by atoms with Crippen molar-refractivity contribution in [1.29, 1.82) is 0 Å². The maximum Gasteiger partial charge on any atom is 0.0686 e. The second-order valence-corrected chi connectivity index (χ2v) is 3.55. The second-order valence-electron chi connectivity index (χ2n) is 3.55. The fourth-order valence-corrected chi connectivity index (χ4v) is 1.36. The van der Waals surface area contributed by atoms with Gasteiger partial charge in [-0.1, -0.05) is 12.1 Å². The highest BCUT2D eigenvalue weighted by Gasteiger charge is 2.03. The summed E-state index contributed by atoms with van der Waals surface area (Å²) in [7, 11) is 1.93. The quantitative estimate of drug-likeness (QED) is 0.753. The van der Waals surface area contributed by atoms with E-state index in [2.05, 4.69) is 0 Å². The van der Waals surface area contributed by atoms with Crippen molar-refractivity contribution in [3.8, 4) is 0 Å². The fourth-order valence-electron chi connectivity index (χ4n) is 1.36. The Hall–Kier alpha value is -1.06. The average molecular weight is 195 g/mol. The Balaban J connectivity index is 2.66. The van der Waals surface area contributed by atoms with E-state index in [-0.39, 0.29) is 12.7 Å². The predicted octanol–water partition coefficient (Wildman–Crippen LogP) is 0.996. The Morgan fingerprint density at radius 1 is 1.29 bits per heavy atom. The van der Waals surface area contributed by atoms with E-state index >= 15 is 0 Å². The van der Waals surface area contributed by atoms with Crippen molar-refractivity contribution in [1.82, 2.24) is 0 Å². The first-order chi connectivity index (χ1) is 6.63. The monoisotopic (exact) mass is 195 g/mol. The third-order valence-corrected chi connectivity index (χ3v) is 2.10. The van der Waals surface area contributed by atoms with Crippen LogP contribution in [0, 0.1) is 0 Å². The van der Waals surface area contributed by atoms with Crippen LogP contribution in [-0.2, 0) is 6.61 Å². The lowest BCUT2D eigenvalue weighted by Crippen LogP contribution is -2.26. The van der Waals surface area contributed by atoms with Gasteiger partial charge in [0, 0.05) is 19.3 Å². The predicted molar refractivity (Wildman–Crippen MR) is 57.3 cm³/mol. The van der Waals surface area contributed by atoms with Crippen LogP contribution in [0.5, 0.6) is 0 Å². The van der Waals surface area contributed by atoms with Crippen LogP contribution in [0.2, 0.25) is 0 Å². The molecule has 1 unspecified atom stereocenters. The van der Waals surface area contributed by atoms with Gasteiger partial charge >= 0.3 is 0 Å². The molecule has 0 heterocycles. The molecule has 0 fully saturated rings. The number of aliphatic hydroxyl groups is 2. The number of hydrogen-bond acceptors (Lipinski definition) is 3. The van der Waals surface area contributed by atoms with Crippen LogP contribution >= 0.6 is 0 Å². The summed E-state index contributed by atoms with van der Waals surface area (Å²) < 4.78 is 0. The molecule has 14 heavy (non-hydrogen) atoms. The first kappa shape index (κ1) is 11.0. The highest BCUT2D eigenvalue weighted by Crippen LogP contribution is 2.13. The Kier molecular flexibility index (Phi) is 3.92. The summed E-state index contributed by atoms with van der Waals surface area (Å²) in [5, 5.41) is 18.1. The largest absolute Gasteiger partial charge is 0.392 e. The van der Waals surface area contributed by atoms with E-state index in [4.69, 9.17) is 5.11 Å². The third-order valence-electron chi connectivity index (χ3n) is 2.10.